The lowest BCUT2D eigenvalue weighted by Crippen LogP contribution is -2.38. The van der Waals surface area contributed by atoms with E-state index in [1.54, 1.807) is 39.0 Å². The summed E-state index contributed by atoms with van der Waals surface area (Å²) in [5, 5.41) is 22.8. The van der Waals surface area contributed by atoms with Crippen molar-refractivity contribution in [2.75, 3.05) is 19.8 Å². The van der Waals surface area contributed by atoms with E-state index in [2.05, 4.69) is 5.32 Å². The van der Waals surface area contributed by atoms with Crippen LogP contribution in [0.15, 0.2) is 18.2 Å². The SMILES string of the molecule is CC(C)(C)OC(=O)NCC(O)C(O)c1ccc2c(c1)OCCCO2. The number of hydrogen-bond acceptors (Lipinski definition) is 6. The zero-order chi connectivity index (χ0) is 17.7. The fourth-order valence-corrected chi connectivity index (χ4v) is 2.20. The van der Waals surface area contributed by atoms with Crippen LogP contribution in [0.3, 0.4) is 0 Å². The van der Waals surface area contributed by atoms with Gasteiger partial charge in [0.05, 0.1) is 13.2 Å². The molecule has 1 aromatic rings. The second-order valence-electron chi connectivity index (χ2n) is 6.65. The van der Waals surface area contributed by atoms with Gasteiger partial charge in [0.2, 0.25) is 0 Å². The number of alkyl carbamates (subject to hydrolysis) is 1. The van der Waals surface area contributed by atoms with Crippen LogP contribution in [0.1, 0.15) is 38.9 Å². The van der Waals surface area contributed by atoms with E-state index < -0.39 is 23.9 Å². The van der Waals surface area contributed by atoms with E-state index >= 15 is 0 Å². The zero-order valence-electron chi connectivity index (χ0n) is 14.2. The molecule has 7 nitrogen and oxygen atoms in total. The highest BCUT2D eigenvalue weighted by Gasteiger charge is 2.23. The van der Waals surface area contributed by atoms with Crippen LogP contribution in [0.4, 0.5) is 4.79 Å². The monoisotopic (exact) mass is 339 g/mol. The summed E-state index contributed by atoms with van der Waals surface area (Å²) in [6, 6.07) is 5.00. The van der Waals surface area contributed by atoms with Crippen molar-refractivity contribution in [2.24, 2.45) is 0 Å². The van der Waals surface area contributed by atoms with Crippen LogP contribution in [0.5, 0.6) is 11.5 Å². The van der Waals surface area contributed by atoms with Gasteiger partial charge in [-0.3, -0.25) is 0 Å². The van der Waals surface area contributed by atoms with Gasteiger partial charge in [0.1, 0.15) is 17.8 Å². The Morgan fingerprint density at radius 1 is 1.25 bits per heavy atom. The minimum atomic E-state index is -1.18. The summed E-state index contributed by atoms with van der Waals surface area (Å²) in [5.74, 6) is 1.15. The molecule has 0 aliphatic carbocycles. The average molecular weight is 339 g/mol. The molecule has 2 atom stereocenters. The van der Waals surface area contributed by atoms with Crippen molar-refractivity contribution >= 4 is 6.09 Å². The number of aliphatic hydroxyl groups is 2. The van der Waals surface area contributed by atoms with Gasteiger partial charge in [0, 0.05) is 13.0 Å². The van der Waals surface area contributed by atoms with E-state index in [4.69, 9.17) is 14.2 Å². The molecule has 3 N–H and O–H groups in total. The molecule has 1 aliphatic heterocycles. The maximum absolute atomic E-state index is 11.6. The highest BCUT2D eigenvalue weighted by molar-refractivity contribution is 5.67. The number of hydrogen-bond donors (Lipinski definition) is 3. The van der Waals surface area contributed by atoms with Gasteiger partial charge in [-0.1, -0.05) is 6.07 Å². The smallest absolute Gasteiger partial charge is 0.407 e. The van der Waals surface area contributed by atoms with E-state index in [9.17, 15) is 15.0 Å². The number of aliphatic hydroxyl groups excluding tert-OH is 2. The molecule has 0 bridgehead atoms. The molecule has 0 fully saturated rings. The highest BCUT2D eigenvalue weighted by atomic mass is 16.6. The molecule has 0 aromatic heterocycles. The first-order valence-corrected chi connectivity index (χ1v) is 7.99. The highest BCUT2D eigenvalue weighted by Crippen LogP contribution is 2.33. The molecule has 2 unspecified atom stereocenters. The number of ether oxygens (including phenoxy) is 3. The lowest BCUT2D eigenvalue weighted by atomic mass is 10.0. The number of rotatable bonds is 4. The van der Waals surface area contributed by atoms with Crippen molar-refractivity contribution in [3.8, 4) is 11.5 Å². The predicted molar refractivity (Wildman–Crippen MR) is 87.3 cm³/mol. The molecule has 0 radical (unpaired) electrons. The van der Waals surface area contributed by atoms with Crippen LogP contribution < -0.4 is 14.8 Å². The van der Waals surface area contributed by atoms with Crippen LogP contribution in [-0.4, -0.2) is 47.8 Å². The van der Waals surface area contributed by atoms with Crippen molar-refractivity contribution in [2.45, 2.75) is 45.0 Å². The number of benzene rings is 1. The first-order valence-electron chi connectivity index (χ1n) is 7.99. The van der Waals surface area contributed by atoms with E-state index in [1.165, 1.54) is 0 Å². The van der Waals surface area contributed by atoms with Gasteiger partial charge in [-0.2, -0.15) is 0 Å². The van der Waals surface area contributed by atoms with Crippen LogP contribution >= 0.6 is 0 Å². The molecule has 24 heavy (non-hydrogen) atoms. The van der Waals surface area contributed by atoms with E-state index in [1.807, 2.05) is 0 Å². The maximum atomic E-state index is 11.6. The topological polar surface area (TPSA) is 97.3 Å². The van der Waals surface area contributed by atoms with Gasteiger partial charge >= 0.3 is 6.09 Å². The van der Waals surface area contributed by atoms with Gasteiger partial charge in [0.15, 0.2) is 11.5 Å². The summed E-state index contributed by atoms with van der Waals surface area (Å²) >= 11 is 0. The minimum absolute atomic E-state index is 0.134. The fraction of sp³-hybridized carbons (Fsp3) is 0.588. The Labute approximate surface area is 141 Å². The Morgan fingerprint density at radius 3 is 2.58 bits per heavy atom. The quantitative estimate of drug-likeness (QED) is 0.773. The number of carbonyl (C=O) groups excluding carboxylic acids is 1. The zero-order valence-corrected chi connectivity index (χ0v) is 14.2. The Hall–Kier alpha value is -1.99. The Balaban J connectivity index is 1.94. The largest absolute Gasteiger partial charge is 0.490 e. The number of nitrogens with one attached hydrogen (secondary N) is 1. The first-order chi connectivity index (χ1) is 11.3. The van der Waals surface area contributed by atoms with Gasteiger partial charge < -0.3 is 29.7 Å². The van der Waals surface area contributed by atoms with E-state index in [-0.39, 0.29) is 6.54 Å². The Bertz CT molecular complexity index is 569. The summed E-state index contributed by atoms with van der Waals surface area (Å²) < 4.78 is 16.2. The predicted octanol–water partition coefficient (Wildman–Crippen LogP) is 1.77. The third-order valence-corrected chi connectivity index (χ3v) is 3.33. The number of amides is 1. The molecule has 1 aliphatic rings. The van der Waals surface area contributed by atoms with Crippen LogP contribution in [0, 0.1) is 0 Å². The third kappa shape index (κ3) is 5.28. The van der Waals surface area contributed by atoms with Gasteiger partial charge in [-0.25, -0.2) is 4.79 Å². The van der Waals surface area contributed by atoms with Crippen LogP contribution in [0.2, 0.25) is 0 Å². The van der Waals surface area contributed by atoms with Crippen molar-refractivity contribution in [1.82, 2.24) is 5.32 Å². The Kier molecular flexibility index (Phi) is 5.90. The standard InChI is InChI=1S/C17H25NO6/c1-17(2,3)24-16(21)18-10-12(19)15(20)11-5-6-13-14(9-11)23-8-4-7-22-13/h5-6,9,12,15,19-20H,4,7-8,10H2,1-3H3,(H,18,21). The summed E-state index contributed by atoms with van der Waals surface area (Å²) in [7, 11) is 0. The third-order valence-electron chi connectivity index (χ3n) is 3.33. The molecule has 7 heteroatoms. The Morgan fingerprint density at radius 2 is 1.92 bits per heavy atom. The number of carbonyl (C=O) groups is 1. The second kappa shape index (κ2) is 7.72. The maximum Gasteiger partial charge on any atom is 0.407 e. The van der Waals surface area contributed by atoms with Crippen molar-refractivity contribution in [1.29, 1.82) is 0 Å². The van der Waals surface area contributed by atoms with Crippen molar-refractivity contribution < 1.29 is 29.2 Å². The summed E-state index contributed by atoms with van der Waals surface area (Å²) in [4.78, 5) is 11.6. The molecule has 2 rings (SSSR count). The normalized spacial score (nSPS) is 16.7. The van der Waals surface area contributed by atoms with E-state index in [0.717, 1.165) is 6.42 Å². The summed E-state index contributed by atoms with van der Waals surface area (Å²) in [5.41, 5.74) is -0.139. The van der Waals surface area contributed by atoms with Gasteiger partial charge in [-0.15, -0.1) is 0 Å². The molecule has 1 heterocycles. The fourth-order valence-electron chi connectivity index (χ4n) is 2.20. The second-order valence-corrected chi connectivity index (χ2v) is 6.65. The van der Waals surface area contributed by atoms with Gasteiger partial charge in [-0.05, 0) is 38.5 Å². The molecular formula is C17H25NO6. The minimum Gasteiger partial charge on any atom is -0.490 e. The lowest BCUT2D eigenvalue weighted by Gasteiger charge is -2.22. The summed E-state index contributed by atoms with van der Waals surface area (Å²) in [6.45, 7) is 6.22. The lowest BCUT2D eigenvalue weighted by molar-refractivity contribution is 0.0128. The van der Waals surface area contributed by atoms with Gasteiger partial charge in [0.25, 0.3) is 0 Å². The molecule has 134 valence electrons. The van der Waals surface area contributed by atoms with E-state index in [0.29, 0.717) is 30.3 Å². The van der Waals surface area contributed by atoms with Crippen molar-refractivity contribution in [3.05, 3.63) is 23.8 Å². The molecule has 0 saturated heterocycles. The van der Waals surface area contributed by atoms with Crippen molar-refractivity contribution in [3.63, 3.8) is 0 Å². The molecule has 0 saturated carbocycles. The molecule has 1 aromatic carbocycles. The first kappa shape index (κ1) is 18.4. The molecule has 0 spiro atoms. The average Bonchev–Trinajstić information content (AvgIpc) is 2.74. The van der Waals surface area contributed by atoms with Crippen LogP contribution in [-0.2, 0) is 4.74 Å². The molecule has 1 amide bonds. The molecular weight excluding hydrogens is 314 g/mol. The number of fused-ring (bicyclic) bond motifs is 1. The summed E-state index contributed by atoms with van der Waals surface area (Å²) in [6.07, 6.45) is -2.21. The van der Waals surface area contributed by atoms with Crippen LogP contribution in [0.25, 0.3) is 0 Å².